The predicted molar refractivity (Wildman–Crippen MR) is 103 cm³/mol. The maximum Gasteiger partial charge on any atom is 0.139 e. The van der Waals surface area contributed by atoms with Gasteiger partial charge in [-0.3, -0.25) is 0 Å². The fourth-order valence-corrected chi connectivity index (χ4v) is 5.14. The van der Waals surface area contributed by atoms with E-state index in [2.05, 4.69) is 5.32 Å². The lowest BCUT2D eigenvalue weighted by atomic mass is 9.97. The highest BCUT2D eigenvalue weighted by Crippen LogP contribution is 2.44. The van der Waals surface area contributed by atoms with Crippen LogP contribution < -0.4 is 5.32 Å². The lowest BCUT2D eigenvalue weighted by molar-refractivity contribution is 0.273. The molecule has 0 bridgehead atoms. The Morgan fingerprint density at radius 2 is 2.15 bits per heavy atom. The Balaban J connectivity index is 1.61. The summed E-state index contributed by atoms with van der Waals surface area (Å²) < 4.78 is 5.60. The van der Waals surface area contributed by atoms with Crippen molar-refractivity contribution in [2.75, 3.05) is 11.9 Å². The molecule has 0 radical (unpaired) electrons. The minimum atomic E-state index is -0.0840. The van der Waals surface area contributed by atoms with Gasteiger partial charge in [0.15, 0.2) is 0 Å². The van der Waals surface area contributed by atoms with Crippen LogP contribution in [0.1, 0.15) is 66.1 Å². The number of aromatic nitrogens is 2. The zero-order chi connectivity index (χ0) is 17.5. The van der Waals surface area contributed by atoms with Crippen LogP contribution in [0.5, 0.6) is 0 Å². The van der Waals surface area contributed by atoms with E-state index < -0.39 is 0 Å². The number of nitrogens with zero attached hydrogens (tertiary/aromatic N) is 2. The highest BCUT2D eigenvalue weighted by atomic mass is 32.1. The molecule has 5 rings (SSSR count). The lowest BCUT2D eigenvalue weighted by Gasteiger charge is -2.19. The number of hydrogen-bond acceptors (Lipinski definition) is 6. The maximum atomic E-state index is 9.52. The van der Waals surface area contributed by atoms with E-state index in [4.69, 9.17) is 14.4 Å². The highest BCUT2D eigenvalue weighted by Gasteiger charge is 2.30. The van der Waals surface area contributed by atoms with Crippen molar-refractivity contribution >= 4 is 27.4 Å². The quantitative estimate of drug-likeness (QED) is 0.666. The summed E-state index contributed by atoms with van der Waals surface area (Å²) in [6.45, 7) is 0.101. The molecule has 0 aliphatic heterocycles. The standard InChI is InChI=1S/C20H23N3O2S/c24-10-9-14(15-5-3-11-25-15)21-19-17-13-4-1-2-6-16(13)26-20(17)23-18(22-19)12-7-8-12/h3,5,11-12,14,24H,1-2,4,6-10H2,(H,21,22,23). The van der Waals surface area contributed by atoms with Crippen LogP contribution in [0.15, 0.2) is 22.8 Å². The molecule has 1 atom stereocenters. The highest BCUT2D eigenvalue weighted by molar-refractivity contribution is 7.19. The number of aliphatic hydroxyl groups is 1. The Morgan fingerprint density at radius 1 is 1.27 bits per heavy atom. The monoisotopic (exact) mass is 369 g/mol. The number of nitrogens with one attached hydrogen (secondary N) is 1. The number of anilines is 1. The van der Waals surface area contributed by atoms with Crippen molar-refractivity contribution in [3.05, 3.63) is 40.4 Å². The topological polar surface area (TPSA) is 71.2 Å². The lowest BCUT2D eigenvalue weighted by Crippen LogP contribution is -2.14. The van der Waals surface area contributed by atoms with Crippen molar-refractivity contribution in [3.63, 3.8) is 0 Å². The second kappa shape index (κ2) is 6.67. The third-order valence-electron chi connectivity index (χ3n) is 5.39. The van der Waals surface area contributed by atoms with Gasteiger partial charge in [0.25, 0.3) is 0 Å². The Labute approximate surface area is 156 Å². The van der Waals surface area contributed by atoms with Crippen molar-refractivity contribution in [1.29, 1.82) is 0 Å². The molecule has 136 valence electrons. The molecule has 6 heteroatoms. The van der Waals surface area contributed by atoms with Crippen molar-refractivity contribution in [3.8, 4) is 0 Å². The first-order valence-electron chi connectivity index (χ1n) is 9.56. The number of aliphatic hydroxyl groups excluding tert-OH is 1. The summed E-state index contributed by atoms with van der Waals surface area (Å²) in [5, 5.41) is 14.3. The average molecular weight is 369 g/mol. The minimum absolute atomic E-state index is 0.0840. The molecule has 0 spiro atoms. The van der Waals surface area contributed by atoms with Gasteiger partial charge in [-0.05, 0) is 62.6 Å². The van der Waals surface area contributed by atoms with Crippen molar-refractivity contribution in [1.82, 2.24) is 9.97 Å². The van der Waals surface area contributed by atoms with Crippen molar-refractivity contribution in [2.24, 2.45) is 0 Å². The summed E-state index contributed by atoms with van der Waals surface area (Å²) in [5.41, 5.74) is 1.43. The Morgan fingerprint density at radius 3 is 2.92 bits per heavy atom. The van der Waals surface area contributed by atoms with E-state index in [0.29, 0.717) is 12.3 Å². The van der Waals surface area contributed by atoms with Crippen LogP contribution in [0.3, 0.4) is 0 Å². The van der Waals surface area contributed by atoms with Gasteiger partial charge in [0.2, 0.25) is 0 Å². The first-order valence-corrected chi connectivity index (χ1v) is 10.4. The Kier molecular flexibility index (Phi) is 4.17. The van der Waals surface area contributed by atoms with E-state index in [1.165, 1.54) is 41.5 Å². The first-order chi connectivity index (χ1) is 12.8. The summed E-state index contributed by atoms with van der Waals surface area (Å²) in [7, 11) is 0. The van der Waals surface area contributed by atoms with Gasteiger partial charge in [0.05, 0.1) is 17.7 Å². The molecule has 1 unspecified atom stereocenters. The van der Waals surface area contributed by atoms with Gasteiger partial charge in [-0.25, -0.2) is 9.97 Å². The van der Waals surface area contributed by atoms with Gasteiger partial charge in [-0.2, -0.15) is 0 Å². The minimum Gasteiger partial charge on any atom is -0.467 e. The Bertz CT molecular complexity index is 915. The number of aryl methyl sites for hydroxylation is 2. The predicted octanol–water partition coefficient (Wildman–Crippen LogP) is 4.58. The fraction of sp³-hybridized carbons (Fsp3) is 0.500. The van der Waals surface area contributed by atoms with E-state index in [9.17, 15) is 5.11 Å². The summed E-state index contributed by atoms with van der Waals surface area (Å²) in [6, 6.07) is 3.76. The van der Waals surface area contributed by atoms with E-state index in [1.54, 1.807) is 6.26 Å². The molecule has 2 N–H and O–H groups in total. The molecule has 2 aliphatic carbocycles. The molecule has 3 aromatic heterocycles. The second-order valence-electron chi connectivity index (χ2n) is 7.32. The van der Waals surface area contributed by atoms with Gasteiger partial charge in [-0.1, -0.05) is 0 Å². The van der Waals surface area contributed by atoms with E-state index in [1.807, 2.05) is 23.5 Å². The average Bonchev–Trinajstić information content (AvgIpc) is 3.23. The molecule has 26 heavy (non-hydrogen) atoms. The molecule has 1 fully saturated rings. The fourth-order valence-electron chi connectivity index (χ4n) is 3.87. The second-order valence-corrected chi connectivity index (χ2v) is 8.40. The van der Waals surface area contributed by atoms with E-state index in [0.717, 1.165) is 35.1 Å². The number of furan rings is 1. The summed E-state index contributed by atoms with van der Waals surface area (Å²) in [4.78, 5) is 12.5. The molecule has 3 aromatic rings. The normalized spacial score (nSPS) is 18.0. The number of thiophene rings is 1. The van der Waals surface area contributed by atoms with Gasteiger partial charge < -0.3 is 14.8 Å². The molecular formula is C20H23N3O2S. The molecule has 5 nitrogen and oxygen atoms in total. The molecular weight excluding hydrogens is 346 g/mol. The molecule has 0 aromatic carbocycles. The third-order valence-corrected chi connectivity index (χ3v) is 6.58. The molecule has 3 heterocycles. The van der Waals surface area contributed by atoms with Crippen LogP contribution in [-0.4, -0.2) is 21.7 Å². The number of rotatable bonds is 6. The third kappa shape index (κ3) is 2.91. The SMILES string of the molecule is OCCC(Nc1nc(C2CC2)nc2sc3c(c12)CCCC3)c1ccco1. The molecule has 1 saturated carbocycles. The Hall–Kier alpha value is -1.92. The zero-order valence-electron chi connectivity index (χ0n) is 14.7. The summed E-state index contributed by atoms with van der Waals surface area (Å²) in [5.74, 6) is 3.24. The van der Waals surface area contributed by atoms with Gasteiger partial charge in [0, 0.05) is 17.4 Å². The number of hydrogen-bond donors (Lipinski definition) is 2. The van der Waals surface area contributed by atoms with Crippen LogP contribution in [0.4, 0.5) is 5.82 Å². The van der Waals surface area contributed by atoms with Crippen LogP contribution in [0, 0.1) is 0 Å². The zero-order valence-corrected chi connectivity index (χ0v) is 15.5. The van der Waals surface area contributed by atoms with Crippen LogP contribution in [-0.2, 0) is 12.8 Å². The molecule has 2 aliphatic rings. The van der Waals surface area contributed by atoms with E-state index in [-0.39, 0.29) is 12.6 Å². The van der Waals surface area contributed by atoms with Crippen LogP contribution >= 0.6 is 11.3 Å². The van der Waals surface area contributed by atoms with Crippen LogP contribution in [0.25, 0.3) is 10.2 Å². The van der Waals surface area contributed by atoms with Gasteiger partial charge in [0.1, 0.15) is 22.2 Å². The van der Waals surface area contributed by atoms with Gasteiger partial charge in [-0.15, -0.1) is 11.3 Å². The summed E-state index contributed by atoms with van der Waals surface area (Å²) >= 11 is 1.85. The van der Waals surface area contributed by atoms with E-state index >= 15 is 0 Å². The molecule has 0 saturated heterocycles. The number of fused-ring (bicyclic) bond motifs is 3. The smallest absolute Gasteiger partial charge is 0.139 e. The van der Waals surface area contributed by atoms with Crippen LogP contribution in [0.2, 0.25) is 0 Å². The first kappa shape index (κ1) is 16.3. The maximum absolute atomic E-state index is 9.52. The summed E-state index contributed by atoms with van der Waals surface area (Å²) in [6.07, 6.45) is 9.42. The van der Waals surface area contributed by atoms with Crippen molar-refractivity contribution < 1.29 is 9.52 Å². The van der Waals surface area contributed by atoms with Gasteiger partial charge >= 0.3 is 0 Å². The molecule has 0 amide bonds. The van der Waals surface area contributed by atoms with Crippen molar-refractivity contribution in [2.45, 2.75) is 56.9 Å². The largest absolute Gasteiger partial charge is 0.467 e.